The lowest BCUT2D eigenvalue weighted by atomic mass is 10.1. The van der Waals surface area contributed by atoms with E-state index in [0.29, 0.717) is 10.7 Å². The van der Waals surface area contributed by atoms with E-state index in [0.717, 1.165) is 11.0 Å². The highest BCUT2D eigenvalue weighted by atomic mass is 35.5. The zero-order chi connectivity index (χ0) is 16.8. The van der Waals surface area contributed by atoms with E-state index in [2.05, 4.69) is 10.3 Å². The van der Waals surface area contributed by atoms with Crippen molar-refractivity contribution < 1.29 is 14.0 Å². The molecule has 0 N–H and O–H groups in total. The van der Waals surface area contributed by atoms with Crippen molar-refractivity contribution in [3.8, 4) is 0 Å². The van der Waals surface area contributed by atoms with E-state index >= 15 is 0 Å². The molecule has 24 heavy (non-hydrogen) atoms. The first-order chi connectivity index (χ1) is 11.6. The number of fused-ring (bicyclic) bond motifs is 1. The van der Waals surface area contributed by atoms with Gasteiger partial charge in [0.25, 0.3) is 11.8 Å². The highest BCUT2D eigenvalue weighted by Gasteiger charge is 2.55. The van der Waals surface area contributed by atoms with Crippen LogP contribution in [0.5, 0.6) is 0 Å². The fraction of sp³-hybridized carbons (Fsp3) is 0.125. The van der Waals surface area contributed by atoms with Crippen LogP contribution >= 0.6 is 11.6 Å². The van der Waals surface area contributed by atoms with Crippen molar-refractivity contribution >= 4 is 34.8 Å². The van der Waals surface area contributed by atoms with Gasteiger partial charge in [0.2, 0.25) is 0 Å². The van der Waals surface area contributed by atoms with Gasteiger partial charge in [-0.15, -0.1) is 0 Å². The molecule has 0 radical (unpaired) electrons. The minimum atomic E-state index is -0.934. The van der Waals surface area contributed by atoms with Crippen molar-refractivity contribution in [1.82, 2.24) is 0 Å². The molecule has 0 spiro atoms. The molecule has 2 amide bonds. The Hall–Kier alpha value is -2.80. The van der Waals surface area contributed by atoms with Gasteiger partial charge >= 0.3 is 0 Å². The number of hydrogen-bond acceptors (Lipinski definition) is 5. The Balaban J connectivity index is 1.70. The topological polar surface area (TPSA) is 65.3 Å². The summed E-state index contributed by atoms with van der Waals surface area (Å²) in [5, 5.41) is 9.79. The predicted octanol–water partition coefficient (Wildman–Crippen LogP) is 2.98. The van der Waals surface area contributed by atoms with E-state index in [4.69, 9.17) is 11.6 Å². The molecule has 0 saturated carbocycles. The predicted molar refractivity (Wildman–Crippen MR) is 85.3 cm³/mol. The van der Waals surface area contributed by atoms with E-state index in [1.54, 1.807) is 24.3 Å². The number of benzene rings is 2. The van der Waals surface area contributed by atoms with E-state index in [1.165, 1.54) is 23.2 Å². The summed E-state index contributed by atoms with van der Waals surface area (Å²) < 4.78 is 13.4. The van der Waals surface area contributed by atoms with Crippen LogP contribution in [0.4, 0.5) is 15.8 Å². The van der Waals surface area contributed by atoms with Gasteiger partial charge in [-0.25, -0.2) is 14.3 Å². The molecule has 6 nitrogen and oxygen atoms in total. The highest BCUT2D eigenvalue weighted by Crippen LogP contribution is 2.35. The lowest BCUT2D eigenvalue weighted by Crippen LogP contribution is -2.39. The van der Waals surface area contributed by atoms with Crippen LogP contribution in [0, 0.1) is 5.82 Å². The number of rotatable bonds is 2. The maximum atomic E-state index is 13.4. The minimum absolute atomic E-state index is 0.186. The molecular formula is C16H10ClFN4O2. The molecule has 2 aromatic rings. The van der Waals surface area contributed by atoms with Crippen molar-refractivity contribution in [2.24, 2.45) is 10.3 Å². The van der Waals surface area contributed by atoms with Crippen molar-refractivity contribution in [3.63, 3.8) is 0 Å². The van der Waals surface area contributed by atoms with Crippen LogP contribution in [-0.2, 0) is 9.59 Å². The summed E-state index contributed by atoms with van der Waals surface area (Å²) in [6.07, 6.45) is 0. The fourth-order valence-electron chi connectivity index (χ4n) is 2.84. The number of halogens is 2. The number of carbonyl (C=O) groups is 2. The summed E-state index contributed by atoms with van der Waals surface area (Å²) in [4.78, 5) is 26.2. The van der Waals surface area contributed by atoms with Gasteiger partial charge in [-0.1, -0.05) is 22.9 Å². The summed E-state index contributed by atoms with van der Waals surface area (Å²) in [6.45, 7) is 0. The Bertz CT molecular complexity index is 871. The minimum Gasteiger partial charge on any atom is -0.271 e. The maximum absolute atomic E-state index is 13.4. The van der Waals surface area contributed by atoms with Crippen LogP contribution in [0.3, 0.4) is 0 Å². The zero-order valence-electron chi connectivity index (χ0n) is 12.1. The molecule has 0 aliphatic carbocycles. The van der Waals surface area contributed by atoms with Crippen LogP contribution < -0.4 is 9.91 Å². The number of nitrogens with zero attached hydrogens (tertiary/aromatic N) is 4. The van der Waals surface area contributed by atoms with Gasteiger partial charge in [0.15, 0.2) is 12.1 Å². The molecule has 2 heterocycles. The molecule has 8 heteroatoms. The SMILES string of the molecule is O=C1[C@H]2N=NN(c3ccc(Cl)cc3)[C@@H]2C(=O)N1c1cccc(F)c1. The molecule has 2 atom stereocenters. The molecule has 0 bridgehead atoms. The zero-order valence-corrected chi connectivity index (χ0v) is 12.9. The summed E-state index contributed by atoms with van der Waals surface area (Å²) in [7, 11) is 0. The second-order valence-corrected chi connectivity index (χ2v) is 5.84. The number of carbonyl (C=O) groups excluding carboxylic acids is 2. The van der Waals surface area contributed by atoms with Crippen molar-refractivity contribution in [1.29, 1.82) is 0 Å². The van der Waals surface area contributed by atoms with Crippen molar-refractivity contribution in [3.05, 3.63) is 59.4 Å². The monoisotopic (exact) mass is 344 g/mol. The molecule has 0 aromatic heterocycles. The van der Waals surface area contributed by atoms with E-state index in [-0.39, 0.29) is 5.69 Å². The number of anilines is 2. The van der Waals surface area contributed by atoms with Crippen molar-refractivity contribution in [2.75, 3.05) is 9.91 Å². The van der Waals surface area contributed by atoms with Gasteiger partial charge in [-0.05, 0) is 42.5 Å². The summed E-state index contributed by atoms with van der Waals surface area (Å²) in [5.74, 6) is -1.53. The van der Waals surface area contributed by atoms with Crippen LogP contribution in [0.25, 0.3) is 0 Å². The molecule has 120 valence electrons. The highest BCUT2D eigenvalue weighted by molar-refractivity contribution is 6.30. The molecule has 2 aliphatic heterocycles. The summed E-state index contributed by atoms with van der Waals surface area (Å²) >= 11 is 5.86. The Labute approximate surface area is 141 Å². The number of imide groups is 1. The third-order valence-electron chi connectivity index (χ3n) is 3.94. The fourth-order valence-corrected chi connectivity index (χ4v) is 2.96. The van der Waals surface area contributed by atoms with Crippen molar-refractivity contribution in [2.45, 2.75) is 12.1 Å². The van der Waals surface area contributed by atoms with Gasteiger partial charge in [0, 0.05) is 5.02 Å². The second-order valence-electron chi connectivity index (χ2n) is 5.41. The average molecular weight is 345 g/mol. The number of hydrogen-bond donors (Lipinski definition) is 0. The lowest BCUT2D eigenvalue weighted by molar-refractivity contribution is -0.121. The van der Waals surface area contributed by atoms with Gasteiger partial charge in [-0.2, -0.15) is 5.11 Å². The normalized spacial score (nSPS) is 22.4. The van der Waals surface area contributed by atoms with Crippen LogP contribution in [0.1, 0.15) is 0 Å². The van der Waals surface area contributed by atoms with E-state index in [1.807, 2.05) is 0 Å². The molecule has 4 rings (SSSR count). The Morgan fingerprint density at radius 2 is 1.75 bits per heavy atom. The molecule has 1 saturated heterocycles. The van der Waals surface area contributed by atoms with Gasteiger partial charge in [0.1, 0.15) is 5.82 Å². The Morgan fingerprint density at radius 1 is 1.00 bits per heavy atom. The largest absolute Gasteiger partial charge is 0.271 e. The maximum Gasteiger partial charge on any atom is 0.263 e. The van der Waals surface area contributed by atoms with Gasteiger partial charge < -0.3 is 0 Å². The number of amides is 2. The smallest absolute Gasteiger partial charge is 0.263 e. The Kier molecular flexibility index (Phi) is 3.31. The van der Waals surface area contributed by atoms with E-state index in [9.17, 15) is 14.0 Å². The quantitative estimate of drug-likeness (QED) is 0.787. The van der Waals surface area contributed by atoms with Gasteiger partial charge in [0.05, 0.1) is 11.4 Å². The van der Waals surface area contributed by atoms with E-state index < -0.39 is 29.7 Å². The van der Waals surface area contributed by atoms with Gasteiger partial charge in [-0.3, -0.25) is 9.59 Å². The van der Waals surface area contributed by atoms with Crippen LogP contribution in [0.15, 0.2) is 58.9 Å². The molecule has 2 aromatic carbocycles. The third kappa shape index (κ3) is 2.16. The van der Waals surface area contributed by atoms with Crippen LogP contribution in [-0.4, -0.2) is 23.9 Å². The average Bonchev–Trinajstić information content (AvgIpc) is 3.09. The standard InChI is InChI=1S/C16H10ClFN4O2/c17-9-4-6-11(7-5-9)22-14-13(19-20-22)15(23)21(16(14)24)12-3-1-2-10(18)8-12/h1-8,13-14H/t13-,14-/m0/s1. The Morgan fingerprint density at radius 3 is 2.46 bits per heavy atom. The molecule has 0 unspecified atom stereocenters. The molecule has 1 fully saturated rings. The first kappa shape index (κ1) is 14.8. The molecule has 2 aliphatic rings. The first-order valence-corrected chi connectivity index (χ1v) is 7.53. The summed E-state index contributed by atoms with van der Waals surface area (Å²) in [6, 6.07) is 10.2. The second kappa shape index (κ2) is 5.38. The lowest BCUT2D eigenvalue weighted by Gasteiger charge is -2.20. The molecular weight excluding hydrogens is 335 g/mol. The van der Waals surface area contributed by atoms with Crippen LogP contribution in [0.2, 0.25) is 5.02 Å². The first-order valence-electron chi connectivity index (χ1n) is 7.15. The third-order valence-corrected chi connectivity index (χ3v) is 4.19. The summed E-state index contributed by atoms with van der Waals surface area (Å²) in [5.41, 5.74) is 0.781.